The van der Waals surface area contributed by atoms with E-state index in [4.69, 9.17) is 10.5 Å². The molecule has 2 aliphatic heterocycles. The molecule has 0 radical (unpaired) electrons. The highest BCUT2D eigenvalue weighted by Gasteiger charge is 2.42. The fraction of sp³-hybridized carbons (Fsp3) is 0.462. The van der Waals surface area contributed by atoms with Gasteiger partial charge in [-0.1, -0.05) is 12.1 Å². The maximum atomic E-state index is 11.8. The van der Waals surface area contributed by atoms with Crippen molar-refractivity contribution in [1.29, 1.82) is 0 Å². The first-order valence-corrected chi connectivity index (χ1v) is 5.93. The number of nitrogens with two attached hydrogens (primary N) is 1. The number of hydrogen-bond acceptors (Lipinski definition) is 3. The van der Waals surface area contributed by atoms with E-state index in [0.717, 1.165) is 24.3 Å². The highest BCUT2D eigenvalue weighted by Crippen LogP contribution is 2.42. The number of rotatable bonds is 1. The minimum atomic E-state index is -0.113. The fourth-order valence-corrected chi connectivity index (χ4v) is 3.01. The second-order valence-corrected chi connectivity index (χ2v) is 4.68. The summed E-state index contributed by atoms with van der Waals surface area (Å²) in [5.74, 6) is 1.02. The molecule has 3 rings (SSSR count). The summed E-state index contributed by atoms with van der Waals surface area (Å²) in [4.78, 5) is 13.7. The Balaban J connectivity index is 2.14. The highest BCUT2D eigenvalue weighted by molar-refractivity contribution is 5.81. The summed E-state index contributed by atoms with van der Waals surface area (Å²) in [5, 5.41) is 0. The SMILES string of the molecule is COc1cccc2c1C1C(N)CC(=O)N1CC2. The van der Waals surface area contributed by atoms with Gasteiger partial charge in [-0.2, -0.15) is 0 Å². The van der Waals surface area contributed by atoms with Crippen LogP contribution in [0.25, 0.3) is 0 Å². The first kappa shape index (κ1) is 10.6. The van der Waals surface area contributed by atoms with Crippen molar-refractivity contribution in [3.8, 4) is 5.75 Å². The number of fused-ring (bicyclic) bond motifs is 3. The topological polar surface area (TPSA) is 55.6 Å². The van der Waals surface area contributed by atoms with Crippen LogP contribution in [0.3, 0.4) is 0 Å². The van der Waals surface area contributed by atoms with Crippen LogP contribution in [0.5, 0.6) is 5.75 Å². The molecule has 2 unspecified atom stereocenters. The molecular weight excluding hydrogens is 216 g/mol. The van der Waals surface area contributed by atoms with E-state index in [-0.39, 0.29) is 18.0 Å². The molecule has 0 aliphatic carbocycles. The predicted molar refractivity (Wildman–Crippen MR) is 63.7 cm³/mol. The quantitative estimate of drug-likeness (QED) is 0.781. The van der Waals surface area contributed by atoms with E-state index in [9.17, 15) is 4.79 Å². The lowest BCUT2D eigenvalue weighted by molar-refractivity contribution is -0.129. The van der Waals surface area contributed by atoms with Crippen LogP contribution >= 0.6 is 0 Å². The zero-order chi connectivity index (χ0) is 12.0. The zero-order valence-electron chi connectivity index (χ0n) is 9.85. The molecule has 2 heterocycles. The normalized spacial score (nSPS) is 26.7. The lowest BCUT2D eigenvalue weighted by atomic mass is 9.90. The van der Waals surface area contributed by atoms with Crippen molar-refractivity contribution >= 4 is 5.91 Å². The van der Waals surface area contributed by atoms with E-state index >= 15 is 0 Å². The molecule has 17 heavy (non-hydrogen) atoms. The van der Waals surface area contributed by atoms with E-state index in [1.54, 1.807) is 7.11 Å². The Morgan fingerprint density at radius 2 is 2.29 bits per heavy atom. The van der Waals surface area contributed by atoms with Crippen LogP contribution in [0.2, 0.25) is 0 Å². The number of hydrogen-bond donors (Lipinski definition) is 1. The monoisotopic (exact) mass is 232 g/mol. The van der Waals surface area contributed by atoms with Crippen molar-refractivity contribution in [3.05, 3.63) is 29.3 Å². The van der Waals surface area contributed by atoms with Crippen LogP contribution in [0, 0.1) is 0 Å². The first-order valence-electron chi connectivity index (χ1n) is 5.93. The minimum Gasteiger partial charge on any atom is -0.496 e. The Kier molecular flexibility index (Phi) is 2.33. The number of carbonyl (C=O) groups is 1. The van der Waals surface area contributed by atoms with Gasteiger partial charge in [0.15, 0.2) is 0 Å². The van der Waals surface area contributed by atoms with E-state index in [2.05, 4.69) is 6.07 Å². The summed E-state index contributed by atoms with van der Waals surface area (Å²) >= 11 is 0. The number of ether oxygens (including phenoxy) is 1. The van der Waals surface area contributed by atoms with Crippen molar-refractivity contribution in [2.45, 2.75) is 24.9 Å². The van der Waals surface area contributed by atoms with Gasteiger partial charge in [-0.25, -0.2) is 0 Å². The van der Waals surface area contributed by atoms with Gasteiger partial charge in [0.25, 0.3) is 0 Å². The molecule has 2 N–H and O–H groups in total. The summed E-state index contributed by atoms with van der Waals surface area (Å²) in [7, 11) is 1.66. The average molecular weight is 232 g/mol. The van der Waals surface area contributed by atoms with Gasteiger partial charge < -0.3 is 15.4 Å². The molecule has 2 atom stereocenters. The second-order valence-electron chi connectivity index (χ2n) is 4.68. The van der Waals surface area contributed by atoms with Crippen LogP contribution in [0.1, 0.15) is 23.6 Å². The third-order valence-corrected chi connectivity index (χ3v) is 3.77. The third kappa shape index (κ3) is 1.44. The smallest absolute Gasteiger partial charge is 0.224 e. The summed E-state index contributed by atoms with van der Waals surface area (Å²) in [6.07, 6.45) is 1.34. The Bertz CT molecular complexity index is 458. The lowest BCUT2D eigenvalue weighted by Crippen LogP contribution is -2.38. The summed E-state index contributed by atoms with van der Waals surface area (Å²) in [5.41, 5.74) is 8.47. The first-order chi connectivity index (χ1) is 8.22. The largest absolute Gasteiger partial charge is 0.496 e. The molecule has 1 fully saturated rings. The predicted octanol–water partition coefficient (Wildman–Crippen LogP) is 0.852. The molecule has 90 valence electrons. The van der Waals surface area contributed by atoms with E-state index in [0.29, 0.717) is 6.42 Å². The number of nitrogens with zero attached hydrogens (tertiary/aromatic N) is 1. The van der Waals surface area contributed by atoms with Crippen molar-refractivity contribution in [2.75, 3.05) is 13.7 Å². The number of benzene rings is 1. The molecule has 1 saturated heterocycles. The standard InChI is InChI=1S/C13H16N2O2/c1-17-10-4-2-3-8-5-6-15-11(16)7-9(14)13(15)12(8)10/h2-4,9,13H,5-7,14H2,1H3. The van der Waals surface area contributed by atoms with Crippen molar-refractivity contribution in [3.63, 3.8) is 0 Å². The van der Waals surface area contributed by atoms with Crippen LogP contribution in [-0.4, -0.2) is 30.5 Å². The van der Waals surface area contributed by atoms with Crippen LogP contribution < -0.4 is 10.5 Å². The molecule has 0 spiro atoms. The van der Waals surface area contributed by atoms with Crippen LogP contribution in [-0.2, 0) is 11.2 Å². The Hall–Kier alpha value is -1.55. The van der Waals surface area contributed by atoms with Gasteiger partial charge >= 0.3 is 0 Å². The van der Waals surface area contributed by atoms with Crippen LogP contribution in [0.15, 0.2) is 18.2 Å². The zero-order valence-corrected chi connectivity index (χ0v) is 9.85. The summed E-state index contributed by atoms with van der Waals surface area (Å²) < 4.78 is 5.41. The summed E-state index contributed by atoms with van der Waals surface area (Å²) in [6, 6.07) is 5.93. The number of carbonyl (C=O) groups excluding carboxylic acids is 1. The van der Waals surface area contributed by atoms with Gasteiger partial charge in [-0.05, 0) is 18.1 Å². The minimum absolute atomic E-state index is 0.00222. The van der Waals surface area contributed by atoms with Crippen LogP contribution in [0.4, 0.5) is 0 Å². The summed E-state index contributed by atoms with van der Waals surface area (Å²) in [6.45, 7) is 0.775. The van der Waals surface area contributed by atoms with E-state index < -0.39 is 0 Å². The molecule has 1 amide bonds. The number of amides is 1. The van der Waals surface area contributed by atoms with Gasteiger partial charge in [-0.3, -0.25) is 4.79 Å². The molecule has 4 heteroatoms. The van der Waals surface area contributed by atoms with Crippen molar-refractivity contribution in [2.24, 2.45) is 5.73 Å². The molecule has 0 aromatic heterocycles. The van der Waals surface area contributed by atoms with Gasteiger partial charge in [0.2, 0.25) is 5.91 Å². The third-order valence-electron chi connectivity index (χ3n) is 3.77. The average Bonchev–Trinajstić information content (AvgIpc) is 2.64. The van der Waals surface area contributed by atoms with Crippen molar-refractivity contribution in [1.82, 2.24) is 4.90 Å². The molecule has 1 aromatic carbocycles. The van der Waals surface area contributed by atoms with E-state index in [1.807, 2.05) is 17.0 Å². The lowest BCUT2D eigenvalue weighted by Gasteiger charge is -2.34. The maximum absolute atomic E-state index is 11.8. The van der Waals surface area contributed by atoms with Gasteiger partial charge in [-0.15, -0.1) is 0 Å². The molecule has 1 aromatic rings. The molecule has 0 bridgehead atoms. The van der Waals surface area contributed by atoms with Gasteiger partial charge in [0, 0.05) is 24.6 Å². The fourth-order valence-electron chi connectivity index (χ4n) is 3.01. The molecule has 2 aliphatic rings. The Morgan fingerprint density at radius 1 is 1.47 bits per heavy atom. The van der Waals surface area contributed by atoms with Gasteiger partial charge in [0.05, 0.1) is 13.2 Å². The molecule has 0 saturated carbocycles. The van der Waals surface area contributed by atoms with E-state index in [1.165, 1.54) is 5.56 Å². The van der Waals surface area contributed by atoms with Crippen molar-refractivity contribution < 1.29 is 9.53 Å². The van der Waals surface area contributed by atoms with Gasteiger partial charge in [0.1, 0.15) is 5.75 Å². The number of methoxy groups -OCH3 is 1. The Morgan fingerprint density at radius 3 is 3.06 bits per heavy atom. The Labute approximate surface area is 100 Å². The molecule has 4 nitrogen and oxygen atoms in total. The highest BCUT2D eigenvalue weighted by atomic mass is 16.5. The second kappa shape index (κ2) is 3.74. The maximum Gasteiger partial charge on any atom is 0.224 e. The molecular formula is C13H16N2O2.